The van der Waals surface area contributed by atoms with E-state index < -0.39 is 0 Å². The second-order valence-electron chi connectivity index (χ2n) is 11.6. The number of carbonyl (C=O) groups is 1. The Labute approximate surface area is 171 Å². The van der Waals surface area contributed by atoms with Gasteiger partial charge in [0, 0.05) is 6.42 Å². The van der Waals surface area contributed by atoms with E-state index in [9.17, 15) is 15.0 Å². The van der Waals surface area contributed by atoms with Gasteiger partial charge in [-0.25, -0.2) is 0 Å². The third-order valence-corrected chi connectivity index (χ3v) is 10.5. The highest BCUT2D eigenvalue weighted by molar-refractivity contribution is 5.75. The average molecular weight is 391 g/mol. The van der Waals surface area contributed by atoms with E-state index in [0.717, 1.165) is 38.0 Å². The van der Waals surface area contributed by atoms with E-state index in [1.807, 2.05) is 0 Å². The van der Waals surface area contributed by atoms with Crippen LogP contribution < -0.4 is 0 Å². The summed E-state index contributed by atoms with van der Waals surface area (Å²) < 4.78 is 0. The molecule has 0 aromatic heterocycles. The number of hydrogen-bond acceptors (Lipinski definition) is 3. The van der Waals surface area contributed by atoms with Crippen LogP contribution in [0.15, 0.2) is 0 Å². The monoisotopic (exact) mass is 390 g/mol. The van der Waals surface area contributed by atoms with Gasteiger partial charge in [0.2, 0.25) is 0 Å². The summed E-state index contributed by atoms with van der Waals surface area (Å²) in [5.41, 5.74) is 0.331. The van der Waals surface area contributed by atoms with Crippen molar-refractivity contribution in [1.29, 1.82) is 0 Å². The first-order valence-electron chi connectivity index (χ1n) is 12.0. The quantitative estimate of drug-likeness (QED) is 0.711. The summed E-state index contributed by atoms with van der Waals surface area (Å²) in [4.78, 5) is 11.5. The Morgan fingerprint density at radius 3 is 2.50 bits per heavy atom. The molecule has 1 unspecified atom stereocenters. The lowest BCUT2D eigenvalue weighted by Crippen LogP contribution is -2.58. The highest BCUT2D eigenvalue weighted by Gasteiger charge is 2.63. The fourth-order valence-corrected chi connectivity index (χ4v) is 8.79. The van der Waals surface area contributed by atoms with Crippen LogP contribution in [0, 0.1) is 46.3 Å². The average Bonchev–Trinajstić information content (AvgIpc) is 3.00. The van der Waals surface area contributed by atoms with Crippen molar-refractivity contribution in [1.82, 2.24) is 0 Å². The lowest BCUT2D eigenvalue weighted by Gasteiger charge is -2.62. The maximum absolute atomic E-state index is 11.5. The van der Waals surface area contributed by atoms with Crippen LogP contribution in [0.4, 0.5) is 0 Å². The molecule has 28 heavy (non-hydrogen) atoms. The molecular weight excluding hydrogens is 348 g/mol. The minimum Gasteiger partial charge on any atom is -0.393 e. The van der Waals surface area contributed by atoms with Gasteiger partial charge in [-0.2, -0.15) is 0 Å². The van der Waals surface area contributed by atoms with Gasteiger partial charge in [0.1, 0.15) is 5.78 Å². The Hall–Kier alpha value is -0.410. The Kier molecular flexibility index (Phi) is 5.49. The number of ketones is 1. The predicted octanol–water partition coefficient (Wildman–Crippen LogP) is 4.98. The van der Waals surface area contributed by atoms with E-state index >= 15 is 0 Å². The van der Waals surface area contributed by atoms with Crippen LogP contribution in [0.1, 0.15) is 91.9 Å². The van der Waals surface area contributed by atoms with E-state index in [2.05, 4.69) is 20.8 Å². The van der Waals surface area contributed by atoms with Crippen LogP contribution in [0.3, 0.4) is 0 Å². The van der Waals surface area contributed by atoms with Gasteiger partial charge in [-0.3, -0.25) is 0 Å². The third kappa shape index (κ3) is 3.11. The van der Waals surface area contributed by atoms with E-state index in [-0.39, 0.29) is 17.6 Å². The highest BCUT2D eigenvalue weighted by Crippen LogP contribution is 2.68. The summed E-state index contributed by atoms with van der Waals surface area (Å²) in [7, 11) is 0. The largest absolute Gasteiger partial charge is 0.393 e. The first-order chi connectivity index (χ1) is 13.2. The molecule has 0 heterocycles. The molecule has 4 aliphatic rings. The van der Waals surface area contributed by atoms with Crippen molar-refractivity contribution in [3.63, 3.8) is 0 Å². The Balaban J connectivity index is 1.56. The third-order valence-electron chi connectivity index (χ3n) is 10.5. The fraction of sp³-hybridized carbons (Fsp3) is 0.960. The van der Waals surface area contributed by atoms with Gasteiger partial charge in [-0.05, 0) is 111 Å². The molecule has 0 saturated heterocycles. The molecule has 0 aromatic carbocycles. The molecule has 0 aromatic rings. The first kappa shape index (κ1) is 20.8. The Morgan fingerprint density at radius 2 is 1.79 bits per heavy atom. The number of fused-ring (bicyclic) bond motifs is 5. The number of Topliss-reactive ketones (excluding diaryl/α,β-unsaturated/α-hetero) is 1. The zero-order chi connectivity index (χ0) is 20.3. The highest BCUT2D eigenvalue weighted by atomic mass is 16.3. The molecular formula is C25H42O3. The maximum Gasteiger partial charge on any atom is 0.129 e. The van der Waals surface area contributed by atoms with Crippen molar-refractivity contribution in [2.75, 3.05) is 0 Å². The summed E-state index contributed by atoms with van der Waals surface area (Å²) in [5.74, 6) is 4.00. The van der Waals surface area contributed by atoms with Crippen molar-refractivity contribution in [3.8, 4) is 0 Å². The maximum atomic E-state index is 11.5. The van der Waals surface area contributed by atoms with Crippen molar-refractivity contribution in [2.45, 2.75) is 104 Å². The van der Waals surface area contributed by atoms with Gasteiger partial charge < -0.3 is 15.0 Å². The van der Waals surface area contributed by atoms with Crippen molar-refractivity contribution in [2.24, 2.45) is 46.3 Å². The number of hydrogen-bond donors (Lipinski definition) is 2. The predicted molar refractivity (Wildman–Crippen MR) is 112 cm³/mol. The van der Waals surface area contributed by atoms with Gasteiger partial charge in [-0.1, -0.05) is 20.8 Å². The SMILES string of the molecule is CC(=O)CCC(C)[C@H]1CC[C@H]2[C@@H]3CC[C@@H]4C[C@H](O)CC[C@]4(C)[C@H]3C[C@H](O)[C@]12C. The minimum absolute atomic E-state index is 0.0226. The molecule has 10 atom stereocenters. The van der Waals surface area contributed by atoms with Gasteiger partial charge in [-0.15, -0.1) is 0 Å². The summed E-state index contributed by atoms with van der Waals surface area (Å²) >= 11 is 0. The number of aliphatic hydroxyl groups excluding tert-OH is 2. The summed E-state index contributed by atoms with van der Waals surface area (Å²) in [6, 6.07) is 0. The second kappa shape index (κ2) is 7.38. The molecule has 0 aliphatic heterocycles. The number of aliphatic hydroxyl groups is 2. The molecule has 3 nitrogen and oxygen atoms in total. The molecule has 4 fully saturated rings. The van der Waals surface area contributed by atoms with Crippen LogP contribution in [0.5, 0.6) is 0 Å². The molecule has 4 aliphatic carbocycles. The van der Waals surface area contributed by atoms with Crippen LogP contribution >= 0.6 is 0 Å². The van der Waals surface area contributed by atoms with E-state index in [1.165, 1.54) is 25.7 Å². The van der Waals surface area contributed by atoms with Crippen LogP contribution in [-0.2, 0) is 4.79 Å². The van der Waals surface area contributed by atoms with Gasteiger partial charge >= 0.3 is 0 Å². The number of rotatable bonds is 4. The molecule has 0 spiro atoms. The zero-order valence-electron chi connectivity index (χ0n) is 18.5. The van der Waals surface area contributed by atoms with Crippen LogP contribution in [0.2, 0.25) is 0 Å². The molecule has 2 N–H and O–H groups in total. The van der Waals surface area contributed by atoms with Gasteiger partial charge in [0.05, 0.1) is 12.2 Å². The van der Waals surface area contributed by atoms with Crippen LogP contribution in [-0.4, -0.2) is 28.2 Å². The Morgan fingerprint density at radius 1 is 1.04 bits per heavy atom. The zero-order valence-corrected chi connectivity index (χ0v) is 18.5. The number of carbonyl (C=O) groups excluding carboxylic acids is 1. The summed E-state index contributed by atoms with van der Waals surface area (Å²) in [5, 5.41) is 21.7. The molecule has 3 heteroatoms. The standard InChI is InChI=1S/C25H42O3/c1-15(5-6-16(2)26)20-9-10-21-19-8-7-17-13-18(27)11-12-24(17,3)22(19)14-23(28)25(20,21)4/h15,17-23,27-28H,5-14H2,1-4H3/t15?,17-,18-,19+,20-,21+,22+,23+,24+,25-/m1/s1. The minimum atomic E-state index is -0.214. The Bertz CT molecular complexity index is 603. The fourth-order valence-electron chi connectivity index (χ4n) is 8.79. The summed E-state index contributed by atoms with van der Waals surface area (Å²) in [6.07, 6.45) is 10.4. The molecule has 4 rings (SSSR count). The molecule has 4 saturated carbocycles. The lowest BCUT2D eigenvalue weighted by atomic mass is 9.43. The normalized spacial score (nSPS) is 51.7. The van der Waals surface area contributed by atoms with E-state index in [0.29, 0.717) is 47.2 Å². The van der Waals surface area contributed by atoms with E-state index in [4.69, 9.17) is 0 Å². The lowest BCUT2D eigenvalue weighted by molar-refractivity contribution is -0.174. The van der Waals surface area contributed by atoms with Crippen molar-refractivity contribution in [3.05, 3.63) is 0 Å². The topological polar surface area (TPSA) is 57.5 Å². The second-order valence-corrected chi connectivity index (χ2v) is 11.6. The van der Waals surface area contributed by atoms with Crippen molar-refractivity contribution < 1.29 is 15.0 Å². The summed E-state index contributed by atoms with van der Waals surface area (Å²) in [6.45, 7) is 8.89. The van der Waals surface area contributed by atoms with Gasteiger partial charge in [0.15, 0.2) is 0 Å². The first-order valence-corrected chi connectivity index (χ1v) is 12.0. The molecule has 0 radical (unpaired) electrons. The molecule has 0 bridgehead atoms. The van der Waals surface area contributed by atoms with E-state index in [1.54, 1.807) is 6.92 Å². The van der Waals surface area contributed by atoms with Crippen LogP contribution in [0.25, 0.3) is 0 Å². The van der Waals surface area contributed by atoms with Gasteiger partial charge in [0.25, 0.3) is 0 Å². The molecule has 160 valence electrons. The smallest absolute Gasteiger partial charge is 0.129 e. The van der Waals surface area contributed by atoms with Crippen molar-refractivity contribution >= 4 is 5.78 Å². The molecule has 0 amide bonds.